The molecule has 0 saturated carbocycles. The van der Waals surface area contributed by atoms with Crippen LogP contribution in [-0.2, 0) is 4.74 Å². The van der Waals surface area contributed by atoms with Crippen molar-refractivity contribution in [3.63, 3.8) is 0 Å². The lowest BCUT2D eigenvalue weighted by atomic mass is 10.1. The van der Waals surface area contributed by atoms with Crippen LogP contribution in [0.4, 0.5) is 5.69 Å². The van der Waals surface area contributed by atoms with Crippen LogP contribution in [0.2, 0.25) is 0 Å². The molecule has 122 valence electrons. The Kier molecular flexibility index (Phi) is 5.50. The Balaban J connectivity index is 2.22. The normalized spacial score (nSPS) is 10.4. The summed E-state index contributed by atoms with van der Waals surface area (Å²) in [6, 6.07) is 7.58. The molecule has 1 aromatic heterocycles. The van der Waals surface area contributed by atoms with E-state index in [0.29, 0.717) is 34.8 Å². The third-order valence-electron chi connectivity index (χ3n) is 3.49. The number of nitrogens with one attached hydrogen (secondary N) is 2. The average molecular weight is 332 g/mol. The topological polar surface area (TPSA) is 71.2 Å². The van der Waals surface area contributed by atoms with Crippen molar-refractivity contribution in [2.45, 2.75) is 25.7 Å². The molecule has 0 fully saturated rings. The molecule has 0 aliphatic heterocycles. The molecule has 1 aromatic carbocycles. The highest BCUT2D eigenvalue weighted by atomic mass is 32.2. The van der Waals surface area contributed by atoms with Gasteiger partial charge < -0.3 is 15.0 Å². The van der Waals surface area contributed by atoms with Gasteiger partial charge in [-0.15, -0.1) is 11.8 Å². The molecular formula is C17H20N2O3S. The zero-order valence-electron chi connectivity index (χ0n) is 13.6. The molecule has 0 saturated heterocycles. The van der Waals surface area contributed by atoms with Crippen LogP contribution in [0.15, 0.2) is 29.2 Å². The first kappa shape index (κ1) is 17.1. The molecule has 2 N–H and O–H groups in total. The third kappa shape index (κ3) is 3.76. The highest BCUT2D eigenvalue weighted by Gasteiger charge is 2.22. The van der Waals surface area contributed by atoms with Crippen molar-refractivity contribution in [3.8, 4) is 0 Å². The summed E-state index contributed by atoms with van der Waals surface area (Å²) in [5.74, 6) is -0.694. The summed E-state index contributed by atoms with van der Waals surface area (Å²) in [6.07, 6.45) is 2.00. The summed E-state index contributed by atoms with van der Waals surface area (Å²) < 4.78 is 5.03. The van der Waals surface area contributed by atoms with Crippen molar-refractivity contribution < 1.29 is 14.3 Å². The molecule has 0 atom stereocenters. The Morgan fingerprint density at radius 1 is 1.22 bits per heavy atom. The fourth-order valence-electron chi connectivity index (χ4n) is 2.35. The number of anilines is 1. The summed E-state index contributed by atoms with van der Waals surface area (Å²) >= 11 is 1.64. The second-order valence-corrected chi connectivity index (χ2v) is 5.91. The van der Waals surface area contributed by atoms with Crippen molar-refractivity contribution in [3.05, 3.63) is 46.8 Å². The van der Waals surface area contributed by atoms with E-state index >= 15 is 0 Å². The number of ether oxygens (including phenoxy) is 1. The molecule has 1 heterocycles. The average Bonchev–Trinajstić information content (AvgIpc) is 2.83. The maximum absolute atomic E-state index is 12.4. The molecule has 0 radical (unpaired) electrons. The van der Waals surface area contributed by atoms with Crippen molar-refractivity contribution in [2.24, 2.45) is 0 Å². The Bertz CT molecular complexity index is 720. The summed E-state index contributed by atoms with van der Waals surface area (Å²) in [6.45, 7) is 5.54. The number of carbonyl (C=O) groups excluding carboxylic acids is 2. The number of aromatic nitrogens is 1. The first-order valence-electron chi connectivity index (χ1n) is 7.29. The van der Waals surface area contributed by atoms with Crippen LogP contribution >= 0.6 is 11.8 Å². The van der Waals surface area contributed by atoms with Gasteiger partial charge in [0.1, 0.15) is 5.69 Å². The molecule has 0 aliphatic carbocycles. The lowest BCUT2D eigenvalue weighted by molar-refractivity contribution is 0.0525. The van der Waals surface area contributed by atoms with Crippen LogP contribution in [0.25, 0.3) is 0 Å². The van der Waals surface area contributed by atoms with Crippen LogP contribution < -0.4 is 5.32 Å². The van der Waals surface area contributed by atoms with E-state index in [2.05, 4.69) is 10.3 Å². The van der Waals surface area contributed by atoms with Gasteiger partial charge in [0.2, 0.25) is 0 Å². The van der Waals surface area contributed by atoms with E-state index in [0.717, 1.165) is 4.90 Å². The molecule has 5 nitrogen and oxygen atoms in total. The molecule has 6 heteroatoms. The largest absolute Gasteiger partial charge is 0.462 e. The van der Waals surface area contributed by atoms with Gasteiger partial charge in [-0.05, 0) is 56.9 Å². The number of carbonyl (C=O) groups is 2. The number of thioether (sulfide) groups is 1. The molecular weight excluding hydrogens is 312 g/mol. The molecule has 23 heavy (non-hydrogen) atoms. The fourth-order valence-corrected chi connectivity index (χ4v) is 2.76. The number of esters is 1. The number of hydrogen-bond acceptors (Lipinski definition) is 4. The number of hydrogen-bond donors (Lipinski definition) is 2. The smallest absolute Gasteiger partial charge is 0.340 e. The zero-order chi connectivity index (χ0) is 17.0. The quantitative estimate of drug-likeness (QED) is 0.645. The Labute approximate surface area is 139 Å². The standard InChI is InChI=1S/C17H20N2O3S/c1-5-22-17(21)14-10(2)15(18-11(14)3)16(20)19-12-6-8-13(23-4)9-7-12/h6-9,18H,5H2,1-4H3,(H,19,20). The maximum Gasteiger partial charge on any atom is 0.340 e. The summed E-state index contributed by atoms with van der Waals surface area (Å²) in [7, 11) is 0. The molecule has 0 aliphatic rings. The fraction of sp³-hybridized carbons (Fsp3) is 0.294. The van der Waals surface area contributed by atoms with Crippen LogP contribution in [0, 0.1) is 13.8 Å². The first-order valence-corrected chi connectivity index (χ1v) is 8.52. The van der Waals surface area contributed by atoms with Crippen molar-refractivity contribution >= 4 is 29.3 Å². The maximum atomic E-state index is 12.4. The lowest BCUT2D eigenvalue weighted by Gasteiger charge is -2.06. The zero-order valence-corrected chi connectivity index (χ0v) is 14.5. The van der Waals surface area contributed by atoms with E-state index in [1.54, 1.807) is 32.5 Å². The molecule has 0 unspecified atom stereocenters. The molecule has 0 spiro atoms. The summed E-state index contributed by atoms with van der Waals surface area (Å²) in [5.41, 5.74) is 2.73. The predicted molar refractivity (Wildman–Crippen MR) is 92.4 cm³/mol. The highest BCUT2D eigenvalue weighted by Crippen LogP contribution is 2.21. The van der Waals surface area contributed by atoms with Gasteiger partial charge in [-0.1, -0.05) is 0 Å². The Morgan fingerprint density at radius 3 is 2.43 bits per heavy atom. The second kappa shape index (κ2) is 7.37. The van der Waals surface area contributed by atoms with E-state index in [4.69, 9.17) is 4.74 Å². The SMILES string of the molecule is CCOC(=O)c1c(C)[nH]c(C(=O)Nc2ccc(SC)cc2)c1C. The molecule has 2 rings (SSSR count). The highest BCUT2D eigenvalue weighted by molar-refractivity contribution is 7.98. The van der Waals surface area contributed by atoms with Gasteiger partial charge in [-0.3, -0.25) is 4.79 Å². The number of aryl methyl sites for hydroxylation is 1. The van der Waals surface area contributed by atoms with Gasteiger partial charge in [-0.2, -0.15) is 0 Å². The molecule has 1 amide bonds. The van der Waals surface area contributed by atoms with Gasteiger partial charge in [0.15, 0.2) is 0 Å². The number of aromatic amines is 1. The monoisotopic (exact) mass is 332 g/mol. The van der Waals surface area contributed by atoms with Crippen molar-refractivity contribution in [2.75, 3.05) is 18.2 Å². The number of amides is 1. The van der Waals surface area contributed by atoms with Gasteiger partial charge in [0, 0.05) is 16.3 Å². The number of benzene rings is 1. The van der Waals surface area contributed by atoms with Crippen LogP contribution in [0.3, 0.4) is 0 Å². The Morgan fingerprint density at radius 2 is 1.87 bits per heavy atom. The van der Waals surface area contributed by atoms with Gasteiger partial charge >= 0.3 is 5.97 Å². The molecule has 0 bridgehead atoms. The van der Waals surface area contributed by atoms with E-state index in [9.17, 15) is 9.59 Å². The van der Waals surface area contributed by atoms with Crippen LogP contribution in [0.1, 0.15) is 39.0 Å². The van der Waals surface area contributed by atoms with E-state index in [1.807, 2.05) is 30.5 Å². The predicted octanol–water partition coefficient (Wildman–Crippen LogP) is 3.78. The van der Waals surface area contributed by atoms with E-state index in [1.165, 1.54) is 0 Å². The number of H-pyrrole nitrogens is 1. The summed E-state index contributed by atoms with van der Waals surface area (Å²) in [4.78, 5) is 28.5. The van der Waals surface area contributed by atoms with Gasteiger partial charge in [0.05, 0.1) is 12.2 Å². The van der Waals surface area contributed by atoms with Gasteiger partial charge in [-0.25, -0.2) is 4.79 Å². The minimum atomic E-state index is -0.415. The lowest BCUT2D eigenvalue weighted by Crippen LogP contribution is -2.14. The minimum Gasteiger partial charge on any atom is -0.462 e. The second-order valence-electron chi connectivity index (χ2n) is 5.03. The first-order chi connectivity index (χ1) is 11.0. The minimum absolute atomic E-state index is 0.280. The van der Waals surface area contributed by atoms with Crippen LogP contribution in [0.5, 0.6) is 0 Å². The van der Waals surface area contributed by atoms with Crippen molar-refractivity contribution in [1.82, 2.24) is 4.98 Å². The molecule has 2 aromatic rings. The summed E-state index contributed by atoms with van der Waals surface area (Å²) in [5, 5.41) is 2.83. The number of rotatable bonds is 5. The van der Waals surface area contributed by atoms with Crippen LogP contribution in [-0.4, -0.2) is 29.7 Å². The van der Waals surface area contributed by atoms with E-state index < -0.39 is 5.97 Å². The van der Waals surface area contributed by atoms with E-state index in [-0.39, 0.29) is 5.91 Å². The van der Waals surface area contributed by atoms with Crippen molar-refractivity contribution in [1.29, 1.82) is 0 Å². The third-order valence-corrected chi connectivity index (χ3v) is 4.24. The van der Waals surface area contributed by atoms with Gasteiger partial charge in [0.25, 0.3) is 5.91 Å². The Hall–Kier alpha value is -2.21.